The molecule has 0 atom stereocenters. The maximum atomic E-state index is 13.1. The van der Waals surface area contributed by atoms with Crippen molar-refractivity contribution in [2.24, 2.45) is 0 Å². The Kier molecular flexibility index (Phi) is 6.12. The standard InChI is InChI=1S/C25H26F3N5O2/c26-25(27,28)18-6-5-7-19(16-18)30-12-14-31(15-13-30)22(34)17-33-21-9-2-1-8-20(21)23(29-33)24(35)32-10-3-4-11-32/h1-2,5-9,16H,3-4,10-15,17H2. The number of hydrogen-bond acceptors (Lipinski definition) is 4. The number of piperazine rings is 1. The molecule has 0 spiro atoms. The molecular weight excluding hydrogens is 459 g/mol. The lowest BCUT2D eigenvalue weighted by molar-refractivity contribution is -0.137. The number of likely N-dealkylation sites (tertiary alicyclic amines) is 1. The van der Waals surface area contributed by atoms with Gasteiger partial charge in [0.1, 0.15) is 6.54 Å². The van der Waals surface area contributed by atoms with Gasteiger partial charge in [-0.1, -0.05) is 24.3 Å². The number of alkyl halides is 3. The van der Waals surface area contributed by atoms with Gasteiger partial charge in [0.2, 0.25) is 5.91 Å². The zero-order valence-electron chi connectivity index (χ0n) is 19.2. The smallest absolute Gasteiger partial charge is 0.368 e. The van der Waals surface area contributed by atoms with Gasteiger partial charge in [0.25, 0.3) is 5.91 Å². The lowest BCUT2D eigenvalue weighted by atomic mass is 10.1. The number of amides is 2. The molecule has 184 valence electrons. The minimum Gasteiger partial charge on any atom is -0.368 e. The van der Waals surface area contributed by atoms with E-state index in [-0.39, 0.29) is 18.4 Å². The number of fused-ring (bicyclic) bond motifs is 1. The molecular formula is C25H26F3N5O2. The second kappa shape index (κ2) is 9.24. The van der Waals surface area contributed by atoms with Gasteiger partial charge in [0.15, 0.2) is 5.69 Å². The van der Waals surface area contributed by atoms with E-state index >= 15 is 0 Å². The van der Waals surface area contributed by atoms with E-state index in [1.54, 1.807) is 20.5 Å². The number of benzene rings is 2. The van der Waals surface area contributed by atoms with Crippen LogP contribution in [-0.2, 0) is 17.5 Å². The average molecular weight is 486 g/mol. The van der Waals surface area contributed by atoms with Crippen molar-refractivity contribution in [3.8, 4) is 0 Å². The topological polar surface area (TPSA) is 61.7 Å². The third kappa shape index (κ3) is 4.69. The number of carbonyl (C=O) groups is 2. The third-order valence-electron chi connectivity index (χ3n) is 6.71. The summed E-state index contributed by atoms with van der Waals surface area (Å²) in [6.07, 6.45) is -2.43. The summed E-state index contributed by atoms with van der Waals surface area (Å²) in [5.74, 6) is -0.248. The Labute approximate surface area is 200 Å². The maximum absolute atomic E-state index is 13.1. The molecule has 0 bridgehead atoms. The Morgan fingerprint density at radius 2 is 1.57 bits per heavy atom. The molecule has 5 rings (SSSR count). The van der Waals surface area contributed by atoms with Gasteiger partial charge >= 0.3 is 6.18 Å². The van der Waals surface area contributed by atoms with Crippen molar-refractivity contribution in [2.45, 2.75) is 25.6 Å². The first kappa shape index (κ1) is 23.2. The molecule has 3 aromatic rings. The van der Waals surface area contributed by atoms with Gasteiger partial charge in [-0.05, 0) is 37.1 Å². The van der Waals surface area contributed by atoms with E-state index in [4.69, 9.17) is 0 Å². The maximum Gasteiger partial charge on any atom is 0.416 e. The van der Waals surface area contributed by atoms with E-state index in [2.05, 4.69) is 5.10 Å². The lowest BCUT2D eigenvalue weighted by Gasteiger charge is -2.36. The Morgan fingerprint density at radius 3 is 2.29 bits per heavy atom. The summed E-state index contributed by atoms with van der Waals surface area (Å²) in [5, 5.41) is 5.25. The van der Waals surface area contributed by atoms with Gasteiger partial charge in [0, 0.05) is 50.3 Å². The van der Waals surface area contributed by atoms with E-state index in [0.29, 0.717) is 37.6 Å². The second-order valence-electron chi connectivity index (χ2n) is 8.94. The Balaban J connectivity index is 1.27. The molecule has 2 amide bonds. The van der Waals surface area contributed by atoms with Crippen molar-refractivity contribution in [2.75, 3.05) is 44.2 Å². The molecule has 0 N–H and O–H groups in total. The number of nitrogens with zero attached hydrogens (tertiary/aromatic N) is 5. The molecule has 0 radical (unpaired) electrons. The third-order valence-corrected chi connectivity index (χ3v) is 6.71. The molecule has 35 heavy (non-hydrogen) atoms. The summed E-state index contributed by atoms with van der Waals surface area (Å²) in [6.45, 7) is 3.10. The molecule has 1 aromatic heterocycles. The molecule has 2 aliphatic rings. The average Bonchev–Trinajstić information content (AvgIpc) is 3.52. The molecule has 10 heteroatoms. The van der Waals surface area contributed by atoms with Crippen LogP contribution in [0.5, 0.6) is 0 Å². The van der Waals surface area contributed by atoms with E-state index in [9.17, 15) is 22.8 Å². The molecule has 0 unspecified atom stereocenters. The largest absolute Gasteiger partial charge is 0.416 e. The minimum absolute atomic E-state index is 0.00263. The van der Waals surface area contributed by atoms with Gasteiger partial charge in [0.05, 0.1) is 11.1 Å². The number of carbonyl (C=O) groups excluding carboxylic acids is 2. The molecule has 0 aliphatic carbocycles. The molecule has 2 fully saturated rings. The fourth-order valence-electron chi connectivity index (χ4n) is 4.80. The molecule has 0 saturated carbocycles. The summed E-state index contributed by atoms with van der Waals surface area (Å²) < 4.78 is 40.8. The highest BCUT2D eigenvalue weighted by Crippen LogP contribution is 2.32. The SMILES string of the molecule is O=C(Cn1nc(C(=O)N2CCCC2)c2ccccc21)N1CCN(c2cccc(C(F)(F)F)c2)CC1. The quantitative estimate of drug-likeness (QED) is 0.566. The normalized spacial score (nSPS) is 16.8. The Morgan fingerprint density at radius 1 is 0.857 bits per heavy atom. The van der Waals surface area contributed by atoms with E-state index in [1.165, 1.54) is 6.07 Å². The van der Waals surface area contributed by atoms with Crippen LogP contribution in [0.1, 0.15) is 28.9 Å². The predicted octanol–water partition coefficient (Wildman–Crippen LogP) is 3.64. The zero-order valence-corrected chi connectivity index (χ0v) is 19.2. The van der Waals surface area contributed by atoms with Crippen LogP contribution in [-0.4, -0.2) is 70.7 Å². The van der Waals surface area contributed by atoms with Crippen LogP contribution in [0.3, 0.4) is 0 Å². The number of para-hydroxylation sites is 1. The molecule has 3 heterocycles. The van der Waals surface area contributed by atoms with Crippen molar-refractivity contribution in [3.05, 3.63) is 59.8 Å². The van der Waals surface area contributed by atoms with Crippen LogP contribution in [0, 0.1) is 0 Å². The van der Waals surface area contributed by atoms with Crippen molar-refractivity contribution < 1.29 is 22.8 Å². The first-order chi connectivity index (χ1) is 16.8. The molecule has 2 saturated heterocycles. The predicted molar refractivity (Wildman–Crippen MR) is 125 cm³/mol. The number of halogens is 3. The lowest BCUT2D eigenvalue weighted by Crippen LogP contribution is -2.49. The van der Waals surface area contributed by atoms with Crippen molar-refractivity contribution >= 4 is 28.4 Å². The van der Waals surface area contributed by atoms with E-state index in [0.717, 1.165) is 49.0 Å². The summed E-state index contributed by atoms with van der Waals surface area (Å²) in [4.78, 5) is 31.4. The Bertz CT molecular complexity index is 1240. The monoisotopic (exact) mass is 485 g/mol. The van der Waals surface area contributed by atoms with Crippen molar-refractivity contribution in [3.63, 3.8) is 0 Å². The highest BCUT2D eigenvalue weighted by atomic mass is 19.4. The fourth-order valence-corrected chi connectivity index (χ4v) is 4.80. The van der Waals surface area contributed by atoms with Crippen molar-refractivity contribution in [1.29, 1.82) is 0 Å². The van der Waals surface area contributed by atoms with Crippen LogP contribution in [0.25, 0.3) is 10.9 Å². The Hall–Kier alpha value is -3.56. The van der Waals surface area contributed by atoms with Gasteiger partial charge in [-0.3, -0.25) is 14.3 Å². The number of aromatic nitrogens is 2. The highest BCUT2D eigenvalue weighted by Gasteiger charge is 2.31. The van der Waals surface area contributed by atoms with Gasteiger partial charge in [-0.2, -0.15) is 18.3 Å². The fraction of sp³-hybridized carbons (Fsp3) is 0.400. The number of anilines is 1. The highest BCUT2D eigenvalue weighted by molar-refractivity contribution is 6.05. The second-order valence-corrected chi connectivity index (χ2v) is 8.94. The van der Waals surface area contributed by atoms with Crippen LogP contribution in [0.15, 0.2) is 48.5 Å². The van der Waals surface area contributed by atoms with Crippen LogP contribution >= 0.6 is 0 Å². The van der Waals surface area contributed by atoms with Crippen LogP contribution < -0.4 is 4.90 Å². The van der Waals surface area contributed by atoms with E-state index in [1.807, 2.05) is 29.2 Å². The van der Waals surface area contributed by atoms with Gasteiger partial charge in [-0.25, -0.2) is 0 Å². The molecule has 2 aliphatic heterocycles. The van der Waals surface area contributed by atoms with E-state index < -0.39 is 11.7 Å². The summed E-state index contributed by atoms with van der Waals surface area (Å²) in [6, 6.07) is 12.7. The minimum atomic E-state index is -4.39. The summed E-state index contributed by atoms with van der Waals surface area (Å²) in [7, 11) is 0. The number of rotatable bonds is 4. The first-order valence-electron chi connectivity index (χ1n) is 11.8. The zero-order chi connectivity index (χ0) is 24.6. The first-order valence-corrected chi connectivity index (χ1v) is 11.8. The summed E-state index contributed by atoms with van der Waals surface area (Å²) >= 11 is 0. The van der Waals surface area contributed by atoms with Crippen LogP contribution in [0.4, 0.5) is 18.9 Å². The van der Waals surface area contributed by atoms with Crippen molar-refractivity contribution in [1.82, 2.24) is 19.6 Å². The van der Waals surface area contributed by atoms with Gasteiger partial charge < -0.3 is 14.7 Å². The number of hydrogen-bond donors (Lipinski definition) is 0. The van der Waals surface area contributed by atoms with Gasteiger partial charge in [-0.15, -0.1) is 0 Å². The van der Waals surface area contributed by atoms with Crippen LogP contribution in [0.2, 0.25) is 0 Å². The summed E-state index contributed by atoms with van der Waals surface area (Å²) in [5.41, 5.74) is 0.907. The molecule has 7 nitrogen and oxygen atoms in total. The molecule has 2 aromatic carbocycles.